The third-order valence-electron chi connectivity index (χ3n) is 6.01. The van der Waals surface area contributed by atoms with Crippen LogP contribution in [-0.2, 0) is 16.0 Å². The largest absolute Gasteiger partial charge is 0.494 e. The van der Waals surface area contributed by atoms with Crippen LogP contribution in [0.3, 0.4) is 0 Å². The van der Waals surface area contributed by atoms with Crippen molar-refractivity contribution in [3.05, 3.63) is 100 Å². The number of nitrogens with one attached hydrogen (secondary N) is 2. The summed E-state index contributed by atoms with van der Waals surface area (Å²) < 4.78 is 13.0. The molecule has 0 aliphatic carbocycles. The van der Waals surface area contributed by atoms with Gasteiger partial charge >= 0.3 is 0 Å². The lowest BCUT2D eigenvalue weighted by Gasteiger charge is -2.31. The van der Waals surface area contributed by atoms with Crippen LogP contribution in [0.25, 0.3) is 0 Å². The average molecular weight is 566 g/mol. The molecule has 3 aromatic rings. The summed E-state index contributed by atoms with van der Waals surface area (Å²) >= 11 is 3.66. The molecule has 3 N–H and O–H groups in total. The zero-order valence-electron chi connectivity index (χ0n) is 21.0. The predicted molar refractivity (Wildman–Crippen MR) is 147 cm³/mol. The number of halogens is 1. The Balaban J connectivity index is 1.77. The zero-order chi connectivity index (χ0) is 26.3. The van der Waals surface area contributed by atoms with Gasteiger partial charge in [0.1, 0.15) is 5.75 Å². The van der Waals surface area contributed by atoms with Gasteiger partial charge in [-0.15, -0.1) is 0 Å². The molecule has 0 radical (unpaired) electrons. The standard InChI is InChI=1S/C29H32BrN3O4/c1-20(2)32-33-28(35)29(19-21-9-4-3-5-10-21)26(24-11-6-7-12-25(24)30)37-27(31-29)22-13-15-23(16-14-22)36-18-8-17-34/h3-7,9-16,20,26,32,34H,8,17-19H2,1-2H3,(H,33,35)/t26-,29-/m0/s1. The van der Waals surface area contributed by atoms with E-state index in [1.165, 1.54) is 0 Å². The summed E-state index contributed by atoms with van der Waals surface area (Å²) in [6.07, 6.45) is 0.233. The number of benzene rings is 3. The van der Waals surface area contributed by atoms with Crippen LogP contribution in [0.1, 0.15) is 43.1 Å². The Bertz CT molecular complexity index is 1220. The molecule has 0 unspecified atom stereocenters. The lowest BCUT2D eigenvalue weighted by Crippen LogP contribution is -2.55. The number of hydrazine groups is 1. The number of rotatable bonds is 11. The average Bonchev–Trinajstić information content (AvgIpc) is 3.28. The van der Waals surface area contributed by atoms with Crippen LogP contribution in [0, 0.1) is 0 Å². The molecule has 1 aliphatic heterocycles. The molecule has 194 valence electrons. The maximum atomic E-state index is 13.9. The van der Waals surface area contributed by atoms with Gasteiger partial charge in [0.05, 0.1) is 6.61 Å². The van der Waals surface area contributed by atoms with E-state index in [1.807, 2.05) is 92.7 Å². The molecular weight excluding hydrogens is 534 g/mol. The molecule has 1 amide bonds. The molecular formula is C29H32BrN3O4. The Kier molecular flexibility index (Phi) is 8.97. The van der Waals surface area contributed by atoms with Gasteiger partial charge in [-0.3, -0.25) is 10.2 Å². The van der Waals surface area contributed by atoms with Crippen molar-refractivity contribution in [3.8, 4) is 5.75 Å². The quantitative estimate of drug-likeness (QED) is 0.231. The van der Waals surface area contributed by atoms with E-state index >= 15 is 0 Å². The van der Waals surface area contributed by atoms with E-state index in [4.69, 9.17) is 19.6 Å². The molecule has 4 rings (SSSR count). The molecule has 0 fully saturated rings. The normalized spacial score (nSPS) is 18.8. The van der Waals surface area contributed by atoms with Gasteiger partial charge in [-0.1, -0.05) is 64.5 Å². The summed E-state index contributed by atoms with van der Waals surface area (Å²) in [5, 5.41) is 8.99. The zero-order valence-corrected chi connectivity index (χ0v) is 22.6. The third-order valence-corrected chi connectivity index (χ3v) is 6.73. The van der Waals surface area contributed by atoms with Crippen molar-refractivity contribution in [2.24, 2.45) is 4.99 Å². The summed E-state index contributed by atoms with van der Waals surface area (Å²) in [4.78, 5) is 18.9. The van der Waals surface area contributed by atoms with E-state index < -0.39 is 11.6 Å². The molecule has 1 heterocycles. The third kappa shape index (κ3) is 6.39. The van der Waals surface area contributed by atoms with E-state index in [-0.39, 0.29) is 18.6 Å². The maximum Gasteiger partial charge on any atom is 0.266 e. The lowest BCUT2D eigenvalue weighted by atomic mass is 9.82. The summed E-state index contributed by atoms with van der Waals surface area (Å²) in [5.41, 5.74) is 7.20. The smallest absolute Gasteiger partial charge is 0.266 e. The Labute approximate surface area is 226 Å². The van der Waals surface area contributed by atoms with Crippen LogP contribution in [0.4, 0.5) is 0 Å². The van der Waals surface area contributed by atoms with Crippen molar-refractivity contribution in [1.82, 2.24) is 10.9 Å². The summed E-state index contributed by atoms with van der Waals surface area (Å²) in [7, 11) is 0. The fourth-order valence-electron chi connectivity index (χ4n) is 4.17. The van der Waals surface area contributed by atoms with Gasteiger partial charge in [0.25, 0.3) is 5.91 Å². The number of carbonyl (C=O) groups excluding carboxylic acids is 1. The van der Waals surface area contributed by atoms with Crippen LogP contribution < -0.4 is 15.6 Å². The highest BCUT2D eigenvalue weighted by Crippen LogP contribution is 2.44. The van der Waals surface area contributed by atoms with Crippen LogP contribution in [0.2, 0.25) is 0 Å². The number of amides is 1. The Morgan fingerprint density at radius 2 is 1.78 bits per heavy atom. The van der Waals surface area contributed by atoms with E-state index in [9.17, 15) is 4.79 Å². The Morgan fingerprint density at radius 1 is 1.08 bits per heavy atom. The van der Waals surface area contributed by atoms with Gasteiger partial charge in [0.15, 0.2) is 11.6 Å². The second-order valence-electron chi connectivity index (χ2n) is 9.23. The number of aliphatic hydroxyl groups excluding tert-OH is 1. The minimum Gasteiger partial charge on any atom is -0.494 e. The van der Waals surface area contributed by atoms with Crippen molar-refractivity contribution < 1.29 is 19.4 Å². The van der Waals surface area contributed by atoms with E-state index in [2.05, 4.69) is 26.8 Å². The first-order valence-electron chi connectivity index (χ1n) is 12.4. The highest BCUT2D eigenvalue weighted by atomic mass is 79.9. The van der Waals surface area contributed by atoms with Crippen molar-refractivity contribution in [2.45, 2.75) is 44.4 Å². The van der Waals surface area contributed by atoms with E-state index in [0.717, 1.165) is 21.2 Å². The Morgan fingerprint density at radius 3 is 2.46 bits per heavy atom. The van der Waals surface area contributed by atoms with Gasteiger partial charge < -0.3 is 14.6 Å². The van der Waals surface area contributed by atoms with Gasteiger partial charge in [0.2, 0.25) is 5.90 Å². The first-order chi connectivity index (χ1) is 17.9. The second-order valence-corrected chi connectivity index (χ2v) is 10.1. The molecule has 37 heavy (non-hydrogen) atoms. The van der Waals surface area contributed by atoms with Crippen LogP contribution in [-0.4, -0.2) is 41.7 Å². The van der Waals surface area contributed by atoms with Gasteiger partial charge in [-0.2, -0.15) is 0 Å². The molecule has 0 aromatic heterocycles. The number of ether oxygens (including phenoxy) is 2. The molecule has 2 atom stereocenters. The first kappa shape index (κ1) is 26.9. The number of carbonyl (C=O) groups is 1. The van der Waals surface area contributed by atoms with Crippen molar-refractivity contribution in [1.29, 1.82) is 0 Å². The highest BCUT2D eigenvalue weighted by molar-refractivity contribution is 9.10. The fourth-order valence-corrected chi connectivity index (χ4v) is 4.66. The molecule has 7 nitrogen and oxygen atoms in total. The van der Waals surface area contributed by atoms with Crippen LogP contribution >= 0.6 is 15.9 Å². The summed E-state index contributed by atoms with van der Waals surface area (Å²) in [6, 6.07) is 25.1. The number of aliphatic imine (C=N–C) groups is 1. The number of hydrogen-bond acceptors (Lipinski definition) is 6. The van der Waals surface area contributed by atoms with Crippen LogP contribution in [0.5, 0.6) is 5.75 Å². The molecule has 1 aliphatic rings. The fraction of sp³-hybridized carbons (Fsp3) is 0.310. The minimum atomic E-state index is -1.27. The second kappa shape index (κ2) is 12.4. The maximum absolute atomic E-state index is 13.9. The highest BCUT2D eigenvalue weighted by Gasteiger charge is 2.53. The lowest BCUT2D eigenvalue weighted by molar-refractivity contribution is -0.130. The van der Waals surface area contributed by atoms with Gasteiger partial charge in [-0.25, -0.2) is 10.4 Å². The van der Waals surface area contributed by atoms with Gasteiger partial charge in [-0.05, 0) is 49.7 Å². The van der Waals surface area contributed by atoms with Gasteiger partial charge in [0, 0.05) is 41.1 Å². The summed E-state index contributed by atoms with van der Waals surface area (Å²) in [5.74, 6) is 0.802. The molecule has 0 spiro atoms. The predicted octanol–water partition coefficient (Wildman–Crippen LogP) is 4.74. The van der Waals surface area contributed by atoms with E-state index in [1.54, 1.807) is 0 Å². The molecule has 8 heteroatoms. The number of aliphatic hydroxyl groups is 1. The van der Waals surface area contributed by atoms with E-state index in [0.29, 0.717) is 31.1 Å². The molecule has 3 aromatic carbocycles. The summed E-state index contributed by atoms with van der Waals surface area (Å²) in [6.45, 7) is 4.43. The van der Waals surface area contributed by atoms with Crippen molar-refractivity contribution >= 4 is 27.7 Å². The number of hydrogen-bond donors (Lipinski definition) is 3. The minimum absolute atomic E-state index is 0.0452. The number of nitrogens with zero attached hydrogens (tertiary/aromatic N) is 1. The molecule has 0 saturated heterocycles. The monoisotopic (exact) mass is 565 g/mol. The Hall–Kier alpha value is -3.20. The van der Waals surface area contributed by atoms with Crippen molar-refractivity contribution in [3.63, 3.8) is 0 Å². The molecule has 0 saturated carbocycles. The first-order valence-corrected chi connectivity index (χ1v) is 13.2. The molecule has 0 bridgehead atoms. The van der Waals surface area contributed by atoms with Crippen molar-refractivity contribution in [2.75, 3.05) is 13.2 Å². The SMILES string of the molecule is CC(C)NNC(=O)[C@@]1(Cc2ccccc2)N=C(c2ccc(OCCCO)cc2)O[C@H]1c1ccccc1Br. The topological polar surface area (TPSA) is 92.2 Å². The van der Waals surface area contributed by atoms with Crippen LogP contribution in [0.15, 0.2) is 88.3 Å².